The minimum absolute atomic E-state index is 0.936. The van der Waals surface area contributed by atoms with Crippen molar-refractivity contribution in [3.8, 4) is 0 Å². The molecule has 0 radical (unpaired) electrons. The topological polar surface area (TPSA) is 12.0 Å². The third-order valence-corrected chi connectivity index (χ3v) is 6.12. The van der Waals surface area contributed by atoms with Crippen LogP contribution >= 0.6 is 0 Å². The molecule has 100 valence electrons. The number of nitrogens with one attached hydrogen (secondary N) is 1. The summed E-state index contributed by atoms with van der Waals surface area (Å²) in [5.74, 6) is 0.936. The lowest BCUT2D eigenvalue weighted by Crippen LogP contribution is -2.37. The van der Waals surface area contributed by atoms with Crippen molar-refractivity contribution in [2.75, 3.05) is 6.54 Å². The second-order valence-corrected chi connectivity index (χ2v) is 11.8. The summed E-state index contributed by atoms with van der Waals surface area (Å²) in [6.07, 6.45) is 5.75. The lowest BCUT2D eigenvalue weighted by atomic mass is 10.1. The van der Waals surface area contributed by atoms with E-state index in [1.807, 2.05) is 0 Å². The van der Waals surface area contributed by atoms with Crippen LogP contribution in [-0.2, 0) is 6.54 Å². The molecule has 0 saturated heterocycles. The van der Waals surface area contributed by atoms with E-state index in [9.17, 15) is 0 Å². The van der Waals surface area contributed by atoms with Crippen LogP contribution in [0.4, 0.5) is 0 Å². The van der Waals surface area contributed by atoms with Crippen molar-refractivity contribution >= 4 is 13.3 Å². The van der Waals surface area contributed by atoms with Gasteiger partial charge in [-0.25, -0.2) is 0 Å². The molecule has 1 aromatic carbocycles. The summed E-state index contributed by atoms with van der Waals surface area (Å²) in [5, 5.41) is 5.17. The molecule has 2 rings (SSSR count). The lowest BCUT2D eigenvalue weighted by Gasteiger charge is -2.17. The summed E-state index contributed by atoms with van der Waals surface area (Å²) in [6.45, 7) is 9.44. The first-order valence-corrected chi connectivity index (χ1v) is 10.9. The molecular weight excluding hydrogens is 234 g/mol. The molecule has 1 aliphatic rings. The van der Waals surface area contributed by atoms with Gasteiger partial charge >= 0.3 is 0 Å². The van der Waals surface area contributed by atoms with Gasteiger partial charge in [-0.1, -0.05) is 61.9 Å². The molecule has 0 amide bonds. The molecule has 1 nitrogen and oxygen atoms in total. The van der Waals surface area contributed by atoms with E-state index < -0.39 is 8.07 Å². The van der Waals surface area contributed by atoms with Gasteiger partial charge in [0.25, 0.3) is 0 Å². The Labute approximate surface area is 113 Å². The van der Waals surface area contributed by atoms with Gasteiger partial charge in [-0.3, -0.25) is 0 Å². The molecule has 0 heterocycles. The maximum atomic E-state index is 3.61. The van der Waals surface area contributed by atoms with Crippen LogP contribution in [0.15, 0.2) is 24.3 Å². The van der Waals surface area contributed by atoms with Gasteiger partial charge < -0.3 is 5.32 Å². The van der Waals surface area contributed by atoms with Crippen LogP contribution < -0.4 is 10.5 Å². The quantitative estimate of drug-likeness (QED) is 0.800. The Hall–Kier alpha value is -0.603. The Morgan fingerprint density at radius 1 is 1.06 bits per heavy atom. The second-order valence-electron chi connectivity index (χ2n) is 6.73. The third kappa shape index (κ3) is 3.96. The summed E-state index contributed by atoms with van der Waals surface area (Å²) in [4.78, 5) is 0. The maximum Gasteiger partial charge on any atom is 0.0775 e. The van der Waals surface area contributed by atoms with E-state index in [0.717, 1.165) is 12.5 Å². The maximum absolute atomic E-state index is 3.61. The number of rotatable bonds is 5. The molecule has 0 unspecified atom stereocenters. The van der Waals surface area contributed by atoms with E-state index >= 15 is 0 Å². The molecule has 1 saturated carbocycles. The van der Waals surface area contributed by atoms with Gasteiger partial charge in [0.1, 0.15) is 0 Å². The van der Waals surface area contributed by atoms with E-state index in [2.05, 4.69) is 49.2 Å². The van der Waals surface area contributed by atoms with Gasteiger partial charge in [-0.05, 0) is 30.9 Å². The first-order chi connectivity index (χ1) is 8.55. The van der Waals surface area contributed by atoms with E-state index in [4.69, 9.17) is 0 Å². The SMILES string of the molecule is C[Si](C)(C)c1ccc(CNCC2CCCC2)cc1. The van der Waals surface area contributed by atoms with Crippen molar-refractivity contribution in [2.45, 2.75) is 51.9 Å². The molecule has 0 atom stereocenters. The highest BCUT2D eigenvalue weighted by molar-refractivity contribution is 6.88. The van der Waals surface area contributed by atoms with Crippen molar-refractivity contribution in [1.82, 2.24) is 5.32 Å². The average molecular weight is 261 g/mol. The normalized spacial score (nSPS) is 17.3. The summed E-state index contributed by atoms with van der Waals surface area (Å²) >= 11 is 0. The fraction of sp³-hybridized carbons (Fsp3) is 0.625. The Morgan fingerprint density at radius 3 is 2.22 bits per heavy atom. The Bertz CT molecular complexity index is 358. The minimum atomic E-state index is -1.13. The standard InChI is InChI=1S/C16H27NSi/c1-18(2,3)16-10-8-15(9-11-16)13-17-12-14-6-4-5-7-14/h8-11,14,17H,4-7,12-13H2,1-3H3. The molecule has 1 fully saturated rings. The number of hydrogen-bond acceptors (Lipinski definition) is 1. The highest BCUT2D eigenvalue weighted by atomic mass is 28.3. The highest BCUT2D eigenvalue weighted by Crippen LogP contribution is 2.23. The Balaban J connectivity index is 1.79. The zero-order valence-electron chi connectivity index (χ0n) is 12.1. The average Bonchev–Trinajstić information content (AvgIpc) is 2.82. The van der Waals surface area contributed by atoms with Crippen molar-refractivity contribution in [3.05, 3.63) is 29.8 Å². The molecular formula is C16H27NSi. The smallest absolute Gasteiger partial charge is 0.0775 e. The molecule has 1 N–H and O–H groups in total. The summed E-state index contributed by atoms with van der Waals surface area (Å²) < 4.78 is 0. The molecule has 0 aromatic heterocycles. The Kier molecular flexibility index (Phi) is 4.63. The lowest BCUT2D eigenvalue weighted by molar-refractivity contribution is 0.489. The molecule has 0 aliphatic heterocycles. The molecule has 2 heteroatoms. The first kappa shape index (κ1) is 13.8. The van der Waals surface area contributed by atoms with E-state index in [-0.39, 0.29) is 0 Å². The fourth-order valence-electron chi connectivity index (χ4n) is 2.76. The number of hydrogen-bond donors (Lipinski definition) is 1. The van der Waals surface area contributed by atoms with Crippen LogP contribution in [0.2, 0.25) is 19.6 Å². The summed E-state index contributed by atoms with van der Waals surface area (Å²) in [5.41, 5.74) is 1.43. The molecule has 18 heavy (non-hydrogen) atoms. The summed E-state index contributed by atoms with van der Waals surface area (Å²) in [7, 11) is -1.13. The number of benzene rings is 1. The van der Waals surface area contributed by atoms with Gasteiger partial charge in [-0.2, -0.15) is 0 Å². The van der Waals surface area contributed by atoms with Crippen LogP contribution in [0.1, 0.15) is 31.2 Å². The first-order valence-electron chi connectivity index (χ1n) is 7.36. The van der Waals surface area contributed by atoms with Crippen LogP contribution in [0.5, 0.6) is 0 Å². The largest absolute Gasteiger partial charge is 0.312 e. The van der Waals surface area contributed by atoms with Crippen LogP contribution in [0, 0.1) is 5.92 Å². The zero-order chi connectivity index (χ0) is 13.0. The summed E-state index contributed by atoms with van der Waals surface area (Å²) in [6, 6.07) is 9.27. The van der Waals surface area contributed by atoms with Crippen LogP contribution in [0.25, 0.3) is 0 Å². The molecule has 1 aliphatic carbocycles. The second kappa shape index (κ2) is 6.03. The predicted molar refractivity (Wildman–Crippen MR) is 83.1 cm³/mol. The van der Waals surface area contributed by atoms with Crippen LogP contribution in [0.3, 0.4) is 0 Å². The minimum Gasteiger partial charge on any atom is -0.312 e. The fourth-order valence-corrected chi connectivity index (χ4v) is 3.92. The van der Waals surface area contributed by atoms with Crippen molar-refractivity contribution < 1.29 is 0 Å². The van der Waals surface area contributed by atoms with Gasteiger partial charge in [0, 0.05) is 6.54 Å². The third-order valence-electron chi connectivity index (χ3n) is 4.06. The Morgan fingerprint density at radius 2 is 1.67 bits per heavy atom. The van der Waals surface area contributed by atoms with Crippen molar-refractivity contribution in [2.24, 2.45) is 5.92 Å². The van der Waals surface area contributed by atoms with E-state index in [1.165, 1.54) is 37.8 Å². The van der Waals surface area contributed by atoms with E-state index in [1.54, 1.807) is 5.19 Å². The van der Waals surface area contributed by atoms with Gasteiger partial charge in [-0.15, -0.1) is 0 Å². The monoisotopic (exact) mass is 261 g/mol. The van der Waals surface area contributed by atoms with Crippen molar-refractivity contribution in [1.29, 1.82) is 0 Å². The zero-order valence-corrected chi connectivity index (χ0v) is 13.1. The molecule has 0 spiro atoms. The highest BCUT2D eigenvalue weighted by Gasteiger charge is 2.16. The van der Waals surface area contributed by atoms with Gasteiger partial charge in [0.15, 0.2) is 0 Å². The van der Waals surface area contributed by atoms with Crippen LogP contribution in [-0.4, -0.2) is 14.6 Å². The van der Waals surface area contributed by atoms with Gasteiger partial charge in [0.05, 0.1) is 8.07 Å². The predicted octanol–water partition coefficient (Wildman–Crippen LogP) is 3.51. The van der Waals surface area contributed by atoms with Gasteiger partial charge in [0.2, 0.25) is 0 Å². The van der Waals surface area contributed by atoms with Crippen molar-refractivity contribution in [3.63, 3.8) is 0 Å². The molecule has 1 aromatic rings. The molecule has 0 bridgehead atoms. The van der Waals surface area contributed by atoms with E-state index in [0.29, 0.717) is 0 Å².